The van der Waals surface area contributed by atoms with E-state index in [0.29, 0.717) is 38.6 Å². The quantitative estimate of drug-likeness (QED) is 0.487. The minimum Gasteiger partial charge on any atom is -0.481 e. The molecule has 0 unspecified atom stereocenters. The molecular formula is C13H23N3O4. The summed E-state index contributed by atoms with van der Waals surface area (Å²) in [5, 5.41) is 14.5. The molecule has 0 saturated heterocycles. The Morgan fingerprint density at radius 2 is 1.75 bits per heavy atom. The van der Waals surface area contributed by atoms with Gasteiger partial charge in [0.05, 0.1) is 5.41 Å². The summed E-state index contributed by atoms with van der Waals surface area (Å²) in [5.74, 6) is -1.18. The summed E-state index contributed by atoms with van der Waals surface area (Å²) < 4.78 is 0. The molecule has 7 nitrogen and oxygen atoms in total. The van der Waals surface area contributed by atoms with Crippen molar-refractivity contribution in [1.82, 2.24) is 10.6 Å². The Morgan fingerprint density at radius 3 is 2.30 bits per heavy atom. The number of carbonyl (C=O) groups excluding carboxylic acids is 2. The topological polar surface area (TPSA) is 122 Å². The number of aliphatic carboxylic acids is 1. The normalized spacial score (nSPS) is 16.6. The predicted molar refractivity (Wildman–Crippen MR) is 73.0 cm³/mol. The number of rotatable bonds is 8. The molecule has 20 heavy (non-hydrogen) atoms. The van der Waals surface area contributed by atoms with Crippen LogP contribution in [-0.4, -0.2) is 36.1 Å². The second-order valence-electron chi connectivity index (χ2n) is 5.33. The number of nitrogens with two attached hydrogens (primary N) is 1. The Balaban J connectivity index is 2.19. The van der Waals surface area contributed by atoms with Crippen LogP contribution < -0.4 is 16.4 Å². The molecule has 114 valence electrons. The predicted octanol–water partition coefficient (Wildman–Crippen LogP) is 0.586. The van der Waals surface area contributed by atoms with Crippen LogP contribution in [0.5, 0.6) is 0 Å². The molecule has 1 saturated carbocycles. The molecular weight excluding hydrogens is 262 g/mol. The summed E-state index contributed by atoms with van der Waals surface area (Å²) in [5.41, 5.74) is 4.20. The van der Waals surface area contributed by atoms with Crippen molar-refractivity contribution in [2.24, 2.45) is 11.1 Å². The van der Waals surface area contributed by atoms with Crippen molar-refractivity contribution in [3.05, 3.63) is 0 Å². The fourth-order valence-corrected chi connectivity index (χ4v) is 2.46. The molecule has 0 aromatic heterocycles. The molecule has 1 fully saturated rings. The van der Waals surface area contributed by atoms with E-state index in [2.05, 4.69) is 10.6 Å². The Bertz CT molecular complexity index is 365. The number of amides is 3. The lowest BCUT2D eigenvalue weighted by Gasteiger charge is -2.24. The smallest absolute Gasteiger partial charge is 0.314 e. The number of urea groups is 1. The largest absolute Gasteiger partial charge is 0.481 e. The molecule has 0 aromatic carbocycles. The van der Waals surface area contributed by atoms with E-state index in [-0.39, 0.29) is 18.5 Å². The lowest BCUT2D eigenvalue weighted by atomic mass is 9.86. The van der Waals surface area contributed by atoms with Crippen molar-refractivity contribution in [3.8, 4) is 0 Å². The van der Waals surface area contributed by atoms with Gasteiger partial charge in [-0.2, -0.15) is 0 Å². The fourth-order valence-electron chi connectivity index (χ4n) is 2.46. The van der Waals surface area contributed by atoms with Gasteiger partial charge in [0, 0.05) is 19.5 Å². The Morgan fingerprint density at radius 1 is 1.10 bits per heavy atom. The van der Waals surface area contributed by atoms with E-state index in [4.69, 9.17) is 5.73 Å². The van der Waals surface area contributed by atoms with Crippen molar-refractivity contribution < 1.29 is 19.5 Å². The molecule has 0 aromatic rings. The summed E-state index contributed by atoms with van der Waals surface area (Å²) in [4.78, 5) is 33.4. The Labute approximate surface area is 118 Å². The highest BCUT2D eigenvalue weighted by molar-refractivity contribution is 5.78. The maximum atomic E-state index is 11.6. The second kappa shape index (κ2) is 7.72. The summed E-state index contributed by atoms with van der Waals surface area (Å²) in [6.45, 7) is 0.606. The molecule has 0 radical (unpaired) electrons. The van der Waals surface area contributed by atoms with Gasteiger partial charge in [-0.05, 0) is 25.7 Å². The van der Waals surface area contributed by atoms with Gasteiger partial charge in [0.25, 0.3) is 0 Å². The number of hydrogen-bond acceptors (Lipinski definition) is 3. The molecule has 5 N–H and O–H groups in total. The van der Waals surface area contributed by atoms with Crippen LogP contribution in [0.1, 0.15) is 44.9 Å². The summed E-state index contributed by atoms with van der Waals surface area (Å²) in [6, 6.07) is -0.364. The number of nitrogens with one attached hydrogen (secondary N) is 2. The van der Waals surface area contributed by atoms with Crippen molar-refractivity contribution in [2.45, 2.75) is 44.9 Å². The minimum absolute atomic E-state index is 0.162. The van der Waals surface area contributed by atoms with E-state index in [1.807, 2.05) is 0 Å². The molecule has 7 heteroatoms. The van der Waals surface area contributed by atoms with Gasteiger partial charge in [-0.25, -0.2) is 4.79 Å². The van der Waals surface area contributed by atoms with Crippen molar-refractivity contribution in [1.29, 1.82) is 0 Å². The first kappa shape index (κ1) is 16.3. The van der Waals surface area contributed by atoms with Crippen LogP contribution in [0, 0.1) is 5.41 Å². The lowest BCUT2D eigenvalue weighted by molar-refractivity contribution is -0.148. The summed E-state index contributed by atoms with van der Waals surface area (Å²) in [6.07, 6.45) is 4.62. The second-order valence-corrected chi connectivity index (χ2v) is 5.33. The van der Waals surface area contributed by atoms with Gasteiger partial charge < -0.3 is 21.5 Å². The molecule has 3 amide bonds. The van der Waals surface area contributed by atoms with Gasteiger partial charge >= 0.3 is 12.0 Å². The number of carbonyl (C=O) groups is 3. The number of primary amides is 1. The molecule has 0 heterocycles. The van der Waals surface area contributed by atoms with Crippen LogP contribution in [0.4, 0.5) is 4.79 Å². The van der Waals surface area contributed by atoms with Crippen LogP contribution >= 0.6 is 0 Å². The Hall–Kier alpha value is -1.79. The van der Waals surface area contributed by atoms with Crippen molar-refractivity contribution in [3.63, 3.8) is 0 Å². The molecule has 0 spiro atoms. The molecule has 1 rings (SSSR count). The van der Waals surface area contributed by atoms with Crippen LogP contribution in [0.25, 0.3) is 0 Å². The van der Waals surface area contributed by atoms with E-state index < -0.39 is 11.4 Å². The van der Waals surface area contributed by atoms with Gasteiger partial charge in [0.2, 0.25) is 5.91 Å². The molecule has 1 aliphatic rings. The van der Waals surface area contributed by atoms with E-state index in [1.54, 1.807) is 0 Å². The zero-order valence-corrected chi connectivity index (χ0v) is 11.6. The third-order valence-electron chi connectivity index (χ3n) is 3.74. The average molecular weight is 285 g/mol. The van der Waals surface area contributed by atoms with Gasteiger partial charge in [0.15, 0.2) is 0 Å². The molecule has 0 atom stereocenters. The number of carboxylic acid groups (broad SMARTS) is 1. The highest BCUT2D eigenvalue weighted by Crippen LogP contribution is 2.37. The zero-order chi connectivity index (χ0) is 15.0. The maximum Gasteiger partial charge on any atom is 0.314 e. The molecule has 0 bridgehead atoms. The average Bonchev–Trinajstić information content (AvgIpc) is 2.85. The van der Waals surface area contributed by atoms with Crippen molar-refractivity contribution >= 4 is 17.9 Å². The zero-order valence-electron chi connectivity index (χ0n) is 11.6. The highest BCUT2D eigenvalue weighted by Gasteiger charge is 2.41. The Kier molecular flexibility index (Phi) is 6.27. The van der Waals surface area contributed by atoms with Crippen LogP contribution in [0.3, 0.4) is 0 Å². The maximum absolute atomic E-state index is 11.6. The number of hydrogen-bond donors (Lipinski definition) is 4. The first-order valence-corrected chi connectivity index (χ1v) is 7.00. The van der Waals surface area contributed by atoms with E-state index >= 15 is 0 Å². The molecule has 1 aliphatic carbocycles. The standard InChI is InChI=1S/C13H23N3O4/c14-10(17)5-1-4-8-15-12(20)16-9-13(11(18)19)6-2-3-7-13/h1-9H2,(H2,14,17)(H,18,19)(H2,15,16,20). The number of carboxylic acids is 1. The first-order valence-electron chi connectivity index (χ1n) is 7.00. The van der Waals surface area contributed by atoms with Crippen LogP contribution in [0.2, 0.25) is 0 Å². The van der Waals surface area contributed by atoms with Gasteiger partial charge in [-0.15, -0.1) is 0 Å². The van der Waals surface area contributed by atoms with Gasteiger partial charge in [-0.1, -0.05) is 12.8 Å². The first-order chi connectivity index (χ1) is 9.46. The van der Waals surface area contributed by atoms with Gasteiger partial charge in [0.1, 0.15) is 0 Å². The third kappa shape index (κ3) is 5.07. The SMILES string of the molecule is NC(=O)CCCCNC(=O)NCC1(C(=O)O)CCCC1. The fraction of sp³-hybridized carbons (Fsp3) is 0.769. The van der Waals surface area contributed by atoms with Crippen LogP contribution in [0.15, 0.2) is 0 Å². The summed E-state index contributed by atoms with van der Waals surface area (Å²) >= 11 is 0. The van der Waals surface area contributed by atoms with Crippen molar-refractivity contribution in [2.75, 3.05) is 13.1 Å². The number of unbranched alkanes of at least 4 members (excludes halogenated alkanes) is 1. The third-order valence-corrected chi connectivity index (χ3v) is 3.74. The van der Waals surface area contributed by atoms with E-state index in [0.717, 1.165) is 12.8 Å². The minimum atomic E-state index is -0.836. The monoisotopic (exact) mass is 285 g/mol. The molecule has 0 aliphatic heterocycles. The van der Waals surface area contributed by atoms with E-state index in [9.17, 15) is 19.5 Å². The van der Waals surface area contributed by atoms with E-state index in [1.165, 1.54) is 0 Å². The summed E-state index contributed by atoms with van der Waals surface area (Å²) in [7, 11) is 0. The van der Waals surface area contributed by atoms with Crippen LogP contribution in [-0.2, 0) is 9.59 Å². The highest BCUT2D eigenvalue weighted by atomic mass is 16.4. The van der Waals surface area contributed by atoms with Gasteiger partial charge in [-0.3, -0.25) is 9.59 Å². The lowest BCUT2D eigenvalue weighted by Crippen LogP contribution is -2.45.